The first-order chi connectivity index (χ1) is 14.2. The van der Waals surface area contributed by atoms with Crippen molar-refractivity contribution >= 4 is 22.9 Å². The summed E-state index contributed by atoms with van der Waals surface area (Å²) < 4.78 is 0. The van der Waals surface area contributed by atoms with Gasteiger partial charge in [0.2, 0.25) is 5.91 Å². The van der Waals surface area contributed by atoms with Gasteiger partial charge in [0.15, 0.2) is 0 Å². The minimum Gasteiger partial charge on any atom is -0.326 e. The molecule has 0 atom stereocenters. The molecule has 0 bridgehead atoms. The van der Waals surface area contributed by atoms with Gasteiger partial charge >= 0.3 is 0 Å². The van der Waals surface area contributed by atoms with Crippen LogP contribution in [-0.4, -0.2) is 40.6 Å². The maximum absolute atomic E-state index is 12.8. The van der Waals surface area contributed by atoms with Gasteiger partial charge in [-0.15, -0.1) is 10.2 Å². The zero-order chi connectivity index (χ0) is 20.1. The van der Waals surface area contributed by atoms with Crippen LogP contribution in [0.1, 0.15) is 23.4 Å². The Morgan fingerprint density at radius 3 is 2.62 bits per heavy atom. The fourth-order valence-electron chi connectivity index (χ4n) is 3.74. The first-order valence-corrected chi connectivity index (χ1v) is 11.0. The van der Waals surface area contributed by atoms with E-state index < -0.39 is 0 Å². The monoisotopic (exact) mass is 406 g/mol. The van der Waals surface area contributed by atoms with E-state index in [0.29, 0.717) is 0 Å². The highest BCUT2D eigenvalue weighted by atomic mass is 32.1. The number of aromatic nitrogens is 2. The number of amides is 1. The third-order valence-electron chi connectivity index (χ3n) is 5.42. The average Bonchev–Trinajstić information content (AvgIpc) is 3.20. The lowest BCUT2D eigenvalue weighted by Crippen LogP contribution is -2.39. The molecule has 1 aliphatic heterocycles. The van der Waals surface area contributed by atoms with Gasteiger partial charge < -0.3 is 10.2 Å². The Morgan fingerprint density at radius 1 is 1.10 bits per heavy atom. The van der Waals surface area contributed by atoms with Crippen molar-refractivity contribution in [3.63, 3.8) is 0 Å². The number of nitrogens with zero attached hydrogens (tertiary/aromatic N) is 3. The molecule has 3 aromatic rings. The molecule has 2 heterocycles. The molecule has 1 aliphatic rings. The van der Waals surface area contributed by atoms with Crippen LogP contribution in [0.15, 0.2) is 54.6 Å². The van der Waals surface area contributed by atoms with Crippen LogP contribution in [0.25, 0.3) is 10.6 Å². The Bertz CT molecular complexity index is 948. The number of anilines is 1. The summed E-state index contributed by atoms with van der Waals surface area (Å²) in [6.07, 6.45) is 2.89. The molecule has 1 fully saturated rings. The summed E-state index contributed by atoms with van der Waals surface area (Å²) >= 11 is 1.56. The molecule has 6 heteroatoms. The molecular weight excluding hydrogens is 380 g/mol. The summed E-state index contributed by atoms with van der Waals surface area (Å²) in [4.78, 5) is 15.2. The van der Waals surface area contributed by atoms with E-state index in [1.807, 2.05) is 31.2 Å². The minimum atomic E-state index is 0.0791. The lowest BCUT2D eigenvalue weighted by Gasteiger charge is -2.31. The SMILES string of the molecule is Cc1nnc(-c2cccc(NC(=O)C3CCN(CCc4ccccc4)CC3)c2)s1. The van der Waals surface area contributed by atoms with Crippen molar-refractivity contribution in [3.05, 3.63) is 65.2 Å². The predicted octanol–water partition coefficient (Wildman–Crippen LogP) is 4.41. The summed E-state index contributed by atoms with van der Waals surface area (Å²) in [6.45, 7) is 4.96. The number of rotatable bonds is 6. The first kappa shape index (κ1) is 19.7. The molecule has 4 rings (SSSR count). The third-order valence-corrected chi connectivity index (χ3v) is 6.31. The topological polar surface area (TPSA) is 58.1 Å². The number of hydrogen-bond donors (Lipinski definition) is 1. The Hall–Kier alpha value is -2.57. The minimum absolute atomic E-state index is 0.0791. The van der Waals surface area contributed by atoms with Gasteiger partial charge in [0, 0.05) is 23.7 Å². The summed E-state index contributed by atoms with van der Waals surface area (Å²) in [5.41, 5.74) is 3.19. The molecule has 29 heavy (non-hydrogen) atoms. The van der Waals surface area contributed by atoms with Gasteiger partial charge in [-0.2, -0.15) is 0 Å². The van der Waals surface area contributed by atoms with Crippen LogP contribution < -0.4 is 5.32 Å². The number of piperidine rings is 1. The van der Waals surface area contributed by atoms with Crippen LogP contribution >= 0.6 is 11.3 Å². The lowest BCUT2D eigenvalue weighted by atomic mass is 9.95. The van der Waals surface area contributed by atoms with Crippen molar-refractivity contribution in [2.24, 2.45) is 5.92 Å². The van der Waals surface area contributed by atoms with E-state index in [0.717, 1.165) is 60.2 Å². The number of aryl methyl sites for hydroxylation is 1. The maximum atomic E-state index is 12.8. The van der Waals surface area contributed by atoms with E-state index in [1.165, 1.54) is 5.56 Å². The summed E-state index contributed by atoms with van der Waals surface area (Å²) in [5, 5.41) is 13.2. The molecule has 1 amide bonds. The van der Waals surface area contributed by atoms with Crippen molar-refractivity contribution in [1.29, 1.82) is 0 Å². The van der Waals surface area contributed by atoms with E-state index in [9.17, 15) is 4.79 Å². The van der Waals surface area contributed by atoms with E-state index in [1.54, 1.807) is 11.3 Å². The summed E-state index contributed by atoms with van der Waals surface area (Å²) in [5.74, 6) is 0.203. The number of carbonyl (C=O) groups is 1. The standard InChI is InChI=1S/C23H26N4OS/c1-17-25-26-23(29-17)20-8-5-9-21(16-20)24-22(28)19-11-14-27(15-12-19)13-10-18-6-3-2-4-7-18/h2-9,16,19H,10-15H2,1H3,(H,24,28). The van der Waals surface area contributed by atoms with E-state index >= 15 is 0 Å². The van der Waals surface area contributed by atoms with E-state index in [4.69, 9.17) is 0 Å². The van der Waals surface area contributed by atoms with Crippen molar-refractivity contribution in [2.45, 2.75) is 26.2 Å². The zero-order valence-corrected chi connectivity index (χ0v) is 17.5. The second kappa shape index (κ2) is 9.29. The molecule has 0 aliphatic carbocycles. The first-order valence-electron chi connectivity index (χ1n) is 10.1. The van der Waals surface area contributed by atoms with Crippen LogP contribution in [-0.2, 0) is 11.2 Å². The van der Waals surface area contributed by atoms with Gasteiger partial charge in [-0.05, 0) is 57.0 Å². The summed E-state index contributed by atoms with van der Waals surface area (Å²) in [6, 6.07) is 18.5. The fraction of sp³-hybridized carbons (Fsp3) is 0.348. The highest BCUT2D eigenvalue weighted by Crippen LogP contribution is 2.26. The molecule has 2 aromatic carbocycles. The normalized spacial score (nSPS) is 15.3. The highest BCUT2D eigenvalue weighted by Gasteiger charge is 2.25. The van der Waals surface area contributed by atoms with Crippen LogP contribution in [0.5, 0.6) is 0 Å². The van der Waals surface area contributed by atoms with Crippen molar-refractivity contribution in [3.8, 4) is 10.6 Å². The maximum Gasteiger partial charge on any atom is 0.227 e. The van der Waals surface area contributed by atoms with Crippen molar-refractivity contribution < 1.29 is 4.79 Å². The Morgan fingerprint density at radius 2 is 1.90 bits per heavy atom. The van der Waals surface area contributed by atoms with Crippen LogP contribution in [0.4, 0.5) is 5.69 Å². The van der Waals surface area contributed by atoms with Crippen molar-refractivity contribution in [2.75, 3.05) is 25.0 Å². The lowest BCUT2D eigenvalue weighted by molar-refractivity contribution is -0.121. The molecule has 1 aromatic heterocycles. The quantitative estimate of drug-likeness (QED) is 0.659. The number of benzene rings is 2. The van der Waals surface area contributed by atoms with Gasteiger partial charge in [0.05, 0.1) is 0 Å². The predicted molar refractivity (Wildman–Crippen MR) is 118 cm³/mol. The van der Waals surface area contributed by atoms with Crippen LogP contribution in [0, 0.1) is 12.8 Å². The number of carbonyl (C=O) groups excluding carboxylic acids is 1. The van der Waals surface area contributed by atoms with Gasteiger partial charge in [0.1, 0.15) is 10.0 Å². The van der Waals surface area contributed by atoms with Crippen LogP contribution in [0.3, 0.4) is 0 Å². The second-order valence-corrected chi connectivity index (χ2v) is 8.73. The number of hydrogen-bond acceptors (Lipinski definition) is 5. The molecule has 0 unspecified atom stereocenters. The fourth-order valence-corrected chi connectivity index (χ4v) is 4.43. The van der Waals surface area contributed by atoms with Gasteiger partial charge in [0.25, 0.3) is 0 Å². The molecule has 5 nitrogen and oxygen atoms in total. The van der Waals surface area contributed by atoms with Crippen LogP contribution in [0.2, 0.25) is 0 Å². The molecule has 0 saturated carbocycles. The second-order valence-electron chi connectivity index (χ2n) is 7.55. The van der Waals surface area contributed by atoms with Gasteiger partial charge in [-0.3, -0.25) is 4.79 Å². The molecule has 0 radical (unpaired) electrons. The van der Waals surface area contributed by atoms with E-state index in [2.05, 4.69) is 50.7 Å². The Kier molecular flexibility index (Phi) is 6.32. The molecule has 150 valence electrons. The molecule has 0 spiro atoms. The smallest absolute Gasteiger partial charge is 0.227 e. The molecular formula is C23H26N4OS. The largest absolute Gasteiger partial charge is 0.326 e. The molecule has 1 N–H and O–H groups in total. The Balaban J connectivity index is 1.28. The number of likely N-dealkylation sites (tertiary alicyclic amines) is 1. The van der Waals surface area contributed by atoms with Crippen molar-refractivity contribution in [1.82, 2.24) is 15.1 Å². The van der Waals surface area contributed by atoms with E-state index in [-0.39, 0.29) is 11.8 Å². The molecule has 1 saturated heterocycles. The Labute approximate surface area is 175 Å². The third kappa shape index (κ3) is 5.28. The number of nitrogens with one attached hydrogen (secondary N) is 1. The highest BCUT2D eigenvalue weighted by molar-refractivity contribution is 7.14. The zero-order valence-electron chi connectivity index (χ0n) is 16.7. The van der Waals surface area contributed by atoms with Gasteiger partial charge in [-0.25, -0.2) is 0 Å². The average molecular weight is 407 g/mol. The summed E-state index contributed by atoms with van der Waals surface area (Å²) in [7, 11) is 0. The van der Waals surface area contributed by atoms with Gasteiger partial charge in [-0.1, -0.05) is 53.8 Å².